The zero-order chi connectivity index (χ0) is 13.5. The van der Waals surface area contributed by atoms with Crippen molar-refractivity contribution in [2.45, 2.75) is 37.5 Å². The van der Waals surface area contributed by atoms with Gasteiger partial charge >= 0.3 is 5.97 Å². The summed E-state index contributed by atoms with van der Waals surface area (Å²) in [7, 11) is 0. The molecule has 1 aromatic rings. The second kappa shape index (κ2) is 4.82. The van der Waals surface area contributed by atoms with E-state index in [1.165, 1.54) is 12.8 Å². The Hall–Kier alpha value is -1.03. The molecular weight excluding hydrogens is 308 g/mol. The first-order valence-electron chi connectivity index (χ1n) is 6.79. The first-order chi connectivity index (χ1) is 9.13. The maximum absolute atomic E-state index is 11.6. The number of hydrogen-bond donors (Lipinski definition) is 1. The Morgan fingerprint density at radius 2 is 2.16 bits per heavy atom. The summed E-state index contributed by atoms with van der Waals surface area (Å²) in [6.07, 6.45) is 4.90. The Bertz CT molecular complexity index is 504. The van der Waals surface area contributed by atoms with Crippen LogP contribution in [0, 0.1) is 5.92 Å². The second-order valence-corrected chi connectivity index (χ2v) is 6.41. The summed E-state index contributed by atoms with van der Waals surface area (Å²) in [5, 5.41) is 9.52. The van der Waals surface area contributed by atoms with Crippen LogP contribution >= 0.6 is 15.9 Å². The minimum Gasteiger partial charge on any atom is -0.492 e. The van der Waals surface area contributed by atoms with Gasteiger partial charge in [0.15, 0.2) is 0 Å². The molecule has 0 saturated heterocycles. The first-order valence-corrected chi connectivity index (χ1v) is 7.58. The third-order valence-corrected chi connectivity index (χ3v) is 5.08. The van der Waals surface area contributed by atoms with Gasteiger partial charge in [-0.2, -0.15) is 0 Å². The van der Waals surface area contributed by atoms with Crippen molar-refractivity contribution in [2.75, 3.05) is 6.61 Å². The molecule has 0 aliphatic heterocycles. The van der Waals surface area contributed by atoms with E-state index >= 15 is 0 Å². The highest BCUT2D eigenvalue weighted by atomic mass is 79.9. The van der Waals surface area contributed by atoms with Crippen LogP contribution < -0.4 is 4.74 Å². The van der Waals surface area contributed by atoms with Crippen molar-refractivity contribution in [3.8, 4) is 5.75 Å². The third kappa shape index (κ3) is 2.27. The molecule has 0 unspecified atom stereocenters. The average molecular weight is 325 g/mol. The van der Waals surface area contributed by atoms with Crippen LogP contribution in [0.1, 0.15) is 37.7 Å². The lowest BCUT2D eigenvalue weighted by atomic mass is 9.64. The van der Waals surface area contributed by atoms with Crippen LogP contribution in [0.15, 0.2) is 22.7 Å². The first kappa shape index (κ1) is 13.0. The van der Waals surface area contributed by atoms with E-state index in [9.17, 15) is 9.90 Å². The van der Waals surface area contributed by atoms with Gasteiger partial charge in [0.2, 0.25) is 0 Å². The Kier molecular flexibility index (Phi) is 3.29. The lowest BCUT2D eigenvalue weighted by Gasteiger charge is -2.39. The van der Waals surface area contributed by atoms with Crippen LogP contribution in [0.3, 0.4) is 0 Å². The van der Waals surface area contributed by atoms with E-state index in [0.29, 0.717) is 18.8 Å². The van der Waals surface area contributed by atoms with E-state index in [4.69, 9.17) is 4.74 Å². The van der Waals surface area contributed by atoms with Gasteiger partial charge in [-0.15, -0.1) is 0 Å². The second-order valence-electron chi connectivity index (χ2n) is 5.61. The monoisotopic (exact) mass is 324 g/mol. The van der Waals surface area contributed by atoms with Crippen molar-refractivity contribution >= 4 is 21.9 Å². The number of ether oxygens (including phenoxy) is 1. The number of benzene rings is 1. The third-order valence-electron chi connectivity index (χ3n) is 4.27. The lowest BCUT2D eigenvalue weighted by Crippen LogP contribution is -2.42. The fraction of sp³-hybridized carbons (Fsp3) is 0.533. The van der Waals surface area contributed by atoms with Gasteiger partial charge in [-0.25, -0.2) is 0 Å². The maximum atomic E-state index is 11.6. The molecule has 0 bridgehead atoms. The van der Waals surface area contributed by atoms with Gasteiger partial charge in [0, 0.05) is 0 Å². The highest BCUT2D eigenvalue weighted by Gasteiger charge is 2.47. The molecule has 0 radical (unpaired) electrons. The Morgan fingerprint density at radius 3 is 2.68 bits per heavy atom. The topological polar surface area (TPSA) is 46.5 Å². The normalized spacial score (nSPS) is 20.7. The van der Waals surface area contributed by atoms with Crippen molar-refractivity contribution in [1.82, 2.24) is 0 Å². The highest BCUT2D eigenvalue weighted by molar-refractivity contribution is 9.10. The molecule has 1 N–H and O–H groups in total. The van der Waals surface area contributed by atoms with Crippen LogP contribution in [0.4, 0.5) is 0 Å². The van der Waals surface area contributed by atoms with E-state index in [2.05, 4.69) is 15.9 Å². The van der Waals surface area contributed by atoms with Gasteiger partial charge in [0.1, 0.15) is 5.75 Å². The van der Waals surface area contributed by atoms with Crippen LogP contribution in [-0.4, -0.2) is 17.7 Å². The van der Waals surface area contributed by atoms with Crippen molar-refractivity contribution in [2.24, 2.45) is 5.92 Å². The zero-order valence-electron chi connectivity index (χ0n) is 10.7. The lowest BCUT2D eigenvalue weighted by molar-refractivity contribution is -0.147. The quantitative estimate of drug-likeness (QED) is 0.897. The molecule has 3 nitrogen and oxygen atoms in total. The fourth-order valence-electron chi connectivity index (χ4n) is 2.61. The summed E-state index contributed by atoms with van der Waals surface area (Å²) in [6.45, 7) is 0.738. The molecule has 2 aliphatic carbocycles. The predicted octanol–water partition coefficient (Wildman–Crippen LogP) is 3.74. The molecule has 0 atom stereocenters. The summed E-state index contributed by atoms with van der Waals surface area (Å²) >= 11 is 3.54. The van der Waals surface area contributed by atoms with Gasteiger partial charge in [-0.3, -0.25) is 4.79 Å². The average Bonchev–Trinajstić information content (AvgIpc) is 3.11. The summed E-state index contributed by atoms with van der Waals surface area (Å²) in [5.41, 5.74) is 0.150. The van der Waals surface area contributed by atoms with Crippen molar-refractivity contribution in [3.63, 3.8) is 0 Å². The predicted molar refractivity (Wildman–Crippen MR) is 75.5 cm³/mol. The Balaban J connectivity index is 1.88. The smallest absolute Gasteiger partial charge is 0.314 e. The summed E-state index contributed by atoms with van der Waals surface area (Å²) in [6, 6.07) is 5.71. The van der Waals surface area contributed by atoms with E-state index in [1.54, 1.807) is 0 Å². The Morgan fingerprint density at radius 1 is 1.42 bits per heavy atom. The maximum Gasteiger partial charge on any atom is 0.314 e. The minimum atomic E-state index is -0.723. The van der Waals surface area contributed by atoms with Gasteiger partial charge < -0.3 is 9.84 Å². The zero-order valence-corrected chi connectivity index (χ0v) is 12.3. The molecule has 2 aliphatic rings. The van der Waals surface area contributed by atoms with Gasteiger partial charge in [0.05, 0.1) is 16.5 Å². The molecule has 102 valence electrons. The van der Waals surface area contributed by atoms with Crippen LogP contribution in [0.25, 0.3) is 0 Å². The number of rotatable bonds is 5. The standard InChI is InChI=1S/C15H17BrO3/c16-13-11(15(14(17)18)7-2-8-15)3-1-4-12(13)19-9-10-5-6-10/h1,3-4,10H,2,5-9H2,(H,17,18). The molecule has 0 spiro atoms. The largest absolute Gasteiger partial charge is 0.492 e. The summed E-state index contributed by atoms with van der Waals surface area (Å²) in [4.78, 5) is 11.6. The van der Waals surface area contributed by atoms with Gasteiger partial charge in [-0.05, 0) is 59.2 Å². The number of aliphatic carboxylic acids is 1. The molecule has 1 aromatic carbocycles. The molecule has 2 fully saturated rings. The summed E-state index contributed by atoms with van der Waals surface area (Å²) in [5.74, 6) is 0.739. The molecule has 19 heavy (non-hydrogen) atoms. The van der Waals surface area contributed by atoms with Crippen LogP contribution in [0.5, 0.6) is 5.75 Å². The van der Waals surface area contributed by atoms with E-state index in [1.807, 2.05) is 18.2 Å². The molecule has 4 heteroatoms. The molecule has 3 rings (SSSR count). The van der Waals surface area contributed by atoms with Crippen LogP contribution in [0.2, 0.25) is 0 Å². The molecular formula is C15H17BrO3. The molecule has 0 heterocycles. The van der Waals surface area contributed by atoms with Gasteiger partial charge in [-0.1, -0.05) is 18.6 Å². The van der Waals surface area contributed by atoms with Crippen molar-refractivity contribution in [1.29, 1.82) is 0 Å². The Labute approximate surface area is 121 Å². The number of carboxylic acids is 1. The number of halogens is 1. The minimum absolute atomic E-state index is 0.688. The fourth-order valence-corrected chi connectivity index (χ4v) is 3.37. The van der Waals surface area contributed by atoms with Crippen molar-refractivity contribution in [3.05, 3.63) is 28.2 Å². The SMILES string of the molecule is O=C(O)C1(c2cccc(OCC3CC3)c2Br)CCC1. The molecule has 0 aromatic heterocycles. The number of carboxylic acid groups (broad SMARTS) is 1. The van der Waals surface area contributed by atoms with Gasteiger partial charge in [0.25, 0.3) is 0 Å². The van der Waals surface area contributed by atoms with Crippen LogP contribution in [-0.2, 0) is 10.2 Å². The van der Waals surface area contributed by atoms with E-state index < -0.39 is 11.4 Å². The van der Waals surface area contributed by atoms with Crippen molar-refractivity contribution < 1.29 is 14.6 Å². The molecule has 2 saturated carbocycles. The number of hydrogen-bond acceptors (Lipinski definition) is 2. The number of carbonyl (C=O) groups is 1. The molecule has 0 amide bonds. The highest BCUT2D eigenvalue weighted by Crippen LogP contribution is 2.48. The summed E-state index contributed by atoms with van der Waals surface area (Å²) < 4.78 is 6.62. The van der Waals surface area contributed by atoms with E-state index in [-0.39, 0.29) is 0 Å². The van der Waals surface area contributed by atoms with E-state index in [0.717, 1.165) is 28.8 Å².